The van der Waals surface area contributed by atoms with Crippen molar-refractivity contribution in [3.8, 4) is 0 Å². The minimum absolute atomic E-state index is 0.108. The zero-order valence-electron chi connectivity index (χ0n) is 26.3. The number of nitrogens with one attached hydrogen (secondary N) is 4. The monoisotopic (exact) mass is 663 g/mol. The number of rotatable bonds is 15. The van der Waals surface area contributed by atoms with E-state index in [4.69, 9.17) is 0 Å². The lowest BCUT2D eigenvalue weighted by atomic mass is 10.1. The quantitative estimate of drug-likeness (QED) is 0.151. The summed E-state index contributed by atoms with van der Waals surface area (Å²) in [7, 11) is -3.87. The third-order valence-electron chi connectivity index (χ3n) is 7.89. The molecule has 250 valence electrons. The van der Waals surface area contributed by atoms with Gasteiger partial charge in [0.2, 0.25) is 21.8 Å². The predicted molar refractivity (Wildman–Crippen MR) is 178 cm³/mol. The second kappa shape index (κ2) is 16.7. The van der Waals surface area contributed by atoms with Crippen LogP contribution in [0, 0.1) is 6.92 Å². The van der Waals surface area contributed by atoms with Crippen molar-refractivity contribution in [2.24, 2.45) is 0 Å². The highest BCUT2D eigenvalue weighted by Crippen LogP contribution is 2.26. The van der Waals surface area contributed by atoms with Gasteiger partial charge in [0.15, 0.2) is 0 Å². The van der Waals surface area contributed by atoms with E-state index >= 15 is 0 Å². The maximum atomic E-state index is 13.1. The molecule has 13 heteroatoms. The summed E-state index contributed by atoms with van der Waals surface area (Å²) in [5.41, 5.74) is 3.02. The van der Waals surface area contributed by atoms with Crippen molar-refractivity contribution < 1.29 is 32.7 Å². The Morgan fingerprint density at radius 1 is 0.915 bits per heavy atom. The van der Waals surface area contributed by atoms with Crippen molar-refractivity contribution in [2.45, 2.75) is 68.8 Å². The van der Waals surface area contributed by atoms with Crippen LogP contribution in [-0.4, -0.2) is 66.8 Å². The topological polar surface area (TPSA) is 174 Å². The van der Waals surface area contributed by atoms with E-state index in [0.29, 0.717) is 50.0 Å². The van der Waals surface area contributed by atoms with Gasteiger partial charge in [-0.05, 0) is 80.5 Å². The van der Waals surface area contributed by atoms with Crippen LogP contribution < -0.4 is 21.3 Å². The fraction of sp³-hybridized carbons (Fsp3) is 0.353. The summed E-state index contributed by atoms with van der Waals surface area (Å²) in [5.74, 6) is -1.76. The van der Waals surface area contributed by atoms with Gasteiger partial charge in [0.25, 0.3) is 0 Å². The van der Waals surface area contributed by atoms with Gasteiger partial charge in [-0.25, -0.2) is 13.2 Å². The van der Waals surface area contributed by atoms with E-state index in [1.807, 2.05) is 31.2 Å². The van der Waals surface area contributed by atoms with Crippen molar-refractivity contribution in [1.29, 1.82) is 0 Å². The molecule has 0 bridgehead atoms. The maximum Gasteiger partial charge on any atom is 0.323 e. The minimum Gasteiger partial charge on any atom is -0.481 e. The molecule has 0 unspecified atom stereocenters. The van der Waals surface area contributed by atoms with Crippen molar-refractivity contribution in [2.75, 3.05) is 23.7 Å². The molecule has 3 aromatic carbocycles. The van der Waals surface area contributed by atoms with Crippen LogP contribution in [0.5, 0.6) is 0 Å². The normalized spacial score (nSPS) is 15.4. The first-order valence-electron chi connectivity index (χ1n) is 15.6. The highest BCUT2D eigenvalue weighted by Gasteiger charge is 2.40. The molecular weight excluding hydrogens is 622 g/mol. The molecule has 1 heterocycles. The number of carbonyl (C=O) groups excluding carboxylic acids is 3. The van der Waals surface area contributed by atoms with Crippen LogP contribution in [0.25, 0.3) is 0 Å². The third kappa shape index (κ3) is 10.4. The van der Waals surface area contributed by atoms with Gasteiger partial charge in [-0.3, -0.25) is 14.4 Å². The lowest BCUT2D eigenvalue weighted by molar-refractivity contribution is -0.138. The minimum atomic E-state index is -3.87. The number of sulfonamides is 1. The first-order valence-corrected chi connectivity index (χ1v) is 17.1. The lowest BCUT2D eigenvalue weighted by Gasteiger charge is -2.26. The van der Waals surface area contributed by atoms with Crippen molar-refractivity contribution in [3.05, 3.63) is 90.0 Å². The Kier molecular flexibility index (Phi) is 12.5. The number of nitrogens with zero attached hydrogens (tertiary/aromatic N) is 1. The van der Waals surface area contributed by atoms with Crippen LogP contribution in [0.2, 0.25) is 0 Å². The number of carboxylic acid groups (broad SMARTS) is 1. The zero-order valence-corrected chi connectivity index (χ0v) is 27.1. The molecule has 0 aromatic heterocycles. The number of hydrogen-bond donors (Lipinski definition) is 5. The number of carboxylic acids is 1. The molecule has 12 nitrogen and oxygen atoms in total. The summed E-state index contributed by atoms with van der Waals surface area (Å²) in [5, 5.41) is 20.6. The first kappa shape index (κ1) is 35.1. The fourth-order valence-corrected chi connectivity index (χ4v) is 7.12. The number of hydrogen-bond acceptors (Lipinski definition) is 6. The standard InChI is InChI=1S/C34H41N5O7S/c1-24-10-5-6-14-29(24)38-34(44)37-26-18-16-25(17-19-26)22-31(40)35-20-8-7-11-27(23-32(41)42)36-33(43)30-15-9-21-39(30)47(45,46)28-12-3-2-4-13-28/h2-6,10,12-14,16-19,27,30H,7-9,11,15,20-23H2,1H3,(H,35,40)(H,36,43)(H,41,42)(H2,37,38,44)/t27-,30-/m0/s1. The molecule has 47 heavy (non-hydrogen) atoms. The van der Waals surface area contributed by atoms with Crippen molar-refractivity contribution >= 4 is 45.2 Å². The molecule has 0 spiro atoms. The Balaban J connectivity index is 1.18. The summed E-state index contributed by atoms with van der Waals surface area (Å²) in [6.07, 6.45) is 2.20. The smallest absolute Gasteiger partial charge is 0.323 e. The molecule has 1 aliphatic heterocycles. The molecule has 1 fully saturated rings. The summed E-state index contributed by atoms with van der Waals surface area (Å²) >= 11 is 0. The molecule has 0 aliphatic carbocycles. The predicted octanol–water partition coefficient (Wildman–Crippen LogP) is 4.28. The first-order chi connectivity index (χ1) is 22.5. The zero-order chi connectivity index (χ0) is 33.8. The van der Waals surface area contributed by atoms with Crippen molar-refractivity contribution in [3.63, 3.8) is 0 Å². The molecule has 0 radical (unpaired) electrons. The number of aryl methyl sites for hydroxylation is 1. The number of urea groups is 1. The second-order valence-electron chi connectivity index (χ2n) is 11.5. The molecule has 1 saturated heterocycles. The number of anilines is 2. The Labute approximate surface area is 275 Å². The van der Waals surface area contributed by atoms with Crippen LogP contribution in [0.3, 0.4) is 0 Å². The summed E-state index contributed by atoms with van der Waals surface area (Å²) < 4.78 is 27.5. The third-order valence-corrected chi connectivity index (χ3v) is 9.82. The average Bonchev–Trinajstić information content (AvgIpc) is 3.55. The van der Waals surface area contributed by atoms with E-state index in [1.54, 1.807) is 42.5 Å². The maximum absolute atomic E-state index is 13.1. The van der Waals surface area contributed by atoms with Crippen molar-refractivity contribution in [1.82, 2.24) is 14.9 Å². The number of para-hydroxylation sites is 1. The molecule has 4 amide bonds. The van der Waals surface area contributed by atoms with Crippen LogP contribution in [-0.2, 0) is 30.8 Å². The number of carbonyl (C=O) groups is 4. The molecule has 0 saturated carbocycles. The largest absolute Gasteiger partial charge is 0.481 e. The molecule has 4 rings (SSSR count). The molecule has 5 N–H and O–H groups in total. The van der Waals surface area contributed by atoms with Crippen LogP contribution >= 0.6 is 0 Å². The number of amides is 4. The number of unbranched alkanes of at least 4 members (excludes halogenated alkanes) is 1. The van der Waals surface area contributed by atoms with E-state index in [2.05, 4.69) is 21.3 Å². The van der Waals surface area contributed by atoms with Crippen LogP contribution in [0.1, 0.15) is 49.7 Å². The molecule has 1 aliphatic rings. The van der Waals surface area contributed by atoms with E-state index in [0.717, 1.165) is 11.1 Å². The van der Waals surface area contributed by atoms with E-state index < -0.39 is 34.0 Å². The lowest BCUT2D eigenvalue weighted by Crippen LogP contribution is -2.49. The average molecular weight is 664 g/mol. The van der Waals surface area contributed by atoms with E-state index in [9.17, 15) is 32.7 Å². The number of benzene rings is 3. The van der Waals surface area contributed by atoms with Crippen LogP contribution in [0.15, 0.2) is 83.8 Å². The van der Waals surface area contributed by atoms with Gasteiger partial charge >= 0.3 is 12.0 Å². The molecule has 3 aromatic rings. The summed E-state index contributed by atoms with van der Waals surface area (Å²) in [6, 6.07) is 20.4. The summed E-state index contributed by atoms with van der Waals surface area (Å²) in [6.45, 7) is 2.49. The van der Waals surface area contributed by atoms with Gasteiger partial charge in [-0.2, -0.15) is 4.31 Å². The van der Waals surface area contributed by atoms with Gasteiger partial charge in [-0.1, -0.05) is 48.5 Å². The Bertz CT molecular complexity index is 1650. The summed E-state index contributed by atoms with van der Waals surface area (Å²) in [4.78, 5) is 49.5. The van der Waals surface area contributed by atoms with Gasteiger partial charge < -0.3 is 26.4 Å². The highest BCUT2D eigenvalue weighted by atomic mass is 32.2. The molecule has 2 atom stereocenters. The Morgan fingerprint density at radius 3 is 2.32 bits per heavy atom. The van der Waals surface area contributed by atoms with Crippen LogP contribution in [0.4, 0.5) is 16.2 Å². The van der Waals surface area contributed by atoms with Gasteiger partial charge in [-0.15, -0.1) is 0 Å². The van der Waals surface area contributed by atoms with E-state index in [-0.39, 0.29) is 36.2 Å². The van der Waals surface area contributed by atoms with Gasteiger partial charge in [0.1, 0.15) is 6.04 Å². The van der Waals surface area contributed by atoms with Gasteiger partial charge in [0, 0.05) is 30.5 Å². The van der Waals surface area contributed by atoms with E-state index in [1.165, 1.54) is 16.4 Å². The SMILES string of the molecule is Cc1ccccc1NC(=O)Nc1ccc(CC(=O)NCCCC[C@@H](CC(=O)O)NC(=O)[C@@H]2CCCN2S(=O)(=O)c2ccccc2)cc1. The Hall–Kier alpha value is -4.75. The molecular formula is C34H41N5O7S. The number of aliphatic carboxylic acids is 1. The Morgan fingerprint density at radius 2 is 1.62 bits per heavy atom. The second-order valence-corrected chi connectivity index (χ2v) is 13.4. The fourth-order valence-electron chi connectivity index (χ4n) is 5.45. The highest BCUT2D eigenvalue weighted by molar-refractivity contribution is 7.89. The van der Waals surface area contributed by atoms with Gasteiger partial charge in [0.05, 0.1) is 17.7 Å².